The van der Waals surface area contributed by atoms with E-state index in [1.54, 1.807) is 16.8 Å². The number of thiazole rings is 1. The minimum atomic E-state index is -0.368. The van der Waals surface area contributed by atoms with E-state index in [0.717, 1.165) is 16.0 Å². The molecular formula is C20H17FN4OS. The summed E-state index contributed by atoms with van der Waals surface area (Å²) in [5, 5.41) is 7.81. The Balaban J connectivity index is 1.55. The van der Waals surface area contributed by atoms with Gasteiger partial charge in [0.2, 0.25) is 11.0 Å². The van der Waals surface area contributed by atoms with Gasteiger partial charge in [-0.1, -0.05) is 47.7 Å². The van der Waals surface area contributed by atoms with Crippen LogP contribution < -0.4 is 5.32 Å². The van der Waals surface area contributed by atoms with Crippen molar-refractivity contribution in [1.82, 2.24) is 14.8 Å². The summed E-state index contributed by atoms with van der Waals surface area (Å²) in [7, 11) is 0. The van der Waals surface area contributed by atoms with E-state index in [1.165, 1.54) is 17.4 Å². The van der Waals surface area contributed by atoms with Crippen molar-refractivity contribution in [1.29, 1.82) is 0 Å². The van der Waals surface area contributed by atoms with Gasteiger partial charge in [0.15, 0.2) is 0 Å². The van der Waals surface area contributed by atoms with Gasteiger partial charge in [-0.3, -0.25) is 4.79 Å². The van der Waals surface area contributed by atoms with Crippen LogP contribution >= 0.6 is 11.3 Å². The van der Waals surface area contributed by atoms with E-state index < -0.39 is 0 Å². The summed E-state index contributed by atoms with van der Waals surface area (Å²) in [6.45, 7) is 1.84. The van der Waals surface area contributed by atoms with Crippen molar-refractivity contribution < 1.29 is 9.18 Å². The van der Waals surface area contributed by atoms with Gasteiger partial charge in [-0.05, 0) is 31.0 Å². The smallest absolute Gasteiger partial charge is 0.225 e. The van der Waals surface area contributed by atoms with Gasteiger partial charge >= 0.3 is 0 Å². The van der Waals surface area contributed by atoms with Gasteiger partial charge in [0.05, 0.1) is 10.4 Å². The molecule has 0 radical (unpaired) electrons. The number of benzene rings is 2. The normalized spacial score (nSPS) is 11.0. The van der Waals surface area contributed by atoms with Crippen molar-refractivity contribution in [2.75, 3.05) is 5.32 Å². The number of nitrogens with one attached hydrogen (secondary N) is 1. The maximum absolute atomic E-state index is 13.9. The molecule has 0 aliphatic rings. The molecule has 136 valence electrons. The molecular weight excluding hydrogens is 363 g/mol. The molecule has 0 fully saturated rings. The predicted octanol–water partition coefficient (Wildman–Crippen LogP) is 4.50. The molecule has 1 N–H and O–H groups in total. The number of anilines is 1. The molecule has 0 unspecified atom stereocenters. The molecule has 0 aliphatic carbocycles. The second-order valence-corrected chi connectivity index (χ2v) is 7.21. The fourth-order valence-electron chi connectivity index (χ4n) is 2.84. The van der Waals surface area contributed by atoms with Crippen LogP contribution in [0.25, 0.3) is 15.3 Å². The number of fused-ring (bicyclic) bond motifs is 1. The third-order valence-electron chi connectivity index (χ3n) is 4.12. The Morgan fingerprint density at radius 2 is 2.00 bits per heavy atom. The molecule has 7 heteroatoms. The second-order valence-electron chi connectivity index (χ2n) is 6.20. The van der Waals surface area contributed by atoms with E-state index in [9.17, 15) is 9.18 Å². The molecule has 0 saturated carbocycles. The van der Waals surface area contributed by atoms with Gasteiger partial charge in [-0.25, -0.2) is 9.37 Å². The minimum absolute atomic E-state index is 0.104. The van der Waals surface area contributed by atoms with Crippen LogP contribution in [0.3, 0.4) is 0 Å². The summed E-state index contributed by atoms with van der Waals surface area (Å²) in [6.07, 6.45) is 1.02. The first kappa shape index (κ1) is 17.4. The monoisotopic (exact) mass is 380 g/mol. The van der Waals surface area contributed by atoms with Crippen LogP contribution in [0, 0.1) is 12.7 Å². The Morgan fingerprint density at radius 3 is 2.78 bits per heavy atom. The van der Waals surface area contributed by atoms with Crippen LogP contribution in [0.2, 0.25) is 0 Å². The Kier molecular flexibility index (Phi) is 4.68. The van der Waals surface area contributed by atoms with Gasteiger partial charge in [-0.2, -0.15) is 9.78 Å². The molecule has 2 aromatic heterocycles. The molecule has 0 atom stereocenters. The molecule has 0 saturated heterocycles. The van der Waals surface area contributed by atoms with Gasteiger partial charge in [0.1, 0.15) is 17.2 Å². The molecule has 0 spiro atoms. The van der Waals surface area contributed by atoms with Gasteiger partial charge < -0.3 is 5.32 Å². The standard InChI is InChI=1S/C20H17FN4OS/c1-13-12-17(22-18(26)11-10-14-6-3-2-4-7-14)25(24-13)20-23-19-15(21)8-5-9-16(19)27-20/h2-9,12H,10-11H2,1H3,(H,22,26). The summed E-state index contributed by atoms with van der Waals surface area (Å²) in [6, 6.07) is 16.5. The maximum Gasteiger partial charge on any atom is 0.225 e. The van der Waals surface area contributed by atoms with E-state index in [1.807, 2.05) is 43.3 Å². The lowest BCUT2D eigenvalue weighted by atomic mass is 10.1. The Bertz CT molecular complexity index is 1100. The average Bonchev–Trinajstić information content (AvgIpc) is 3.25. The highest BCUT2D eigenvalue weighted by molar-refractivity contribution is 7.20. The zero-order valence-electron chi connectivity index (χ0n) is 14.6. The number of nitrogens with zero attached hydrogens (tertiary/aromatic N) is 3. The molecule has 0 bridgehead atoms. The van der Waals surface area contributed by atoms with Crippen LogP contribution in [0.5, 0.6) is 0 Å². The number of para-hydroxylation sites is 1. The highest BCUT2D eigenvalue weighted by atomic mass is 32.1. The van der Waals surface area contributed by atoms with Crippen LogP contribution in [-0.4, -0.2) is 20.7 Å². The highest BCUT2D eigenvalue weighted by Crippen LogP contribution is 2.28. The number of carbonyl (C=O) groups is 1. The van der Waals surface area contributed by atoms with Crippen molar-refractivity contribution in [3.63, 3.8) is 0 Å². The Morgan fingerprint density at radius 1 is 1.19 bits per heavy atom. The van der Waals surface area contributed by atoms with Crippen molar-refractivity contribution >= 4 is 33.3 Å². The van der Waals surface area contributed by atoms with Crippen molar-refractivity contribution in [3.05, 3.63) is 71.7 Å². The first-order valence-corrected chi connectivity index (χ1v) is 9.38. The first-order valence-electron chi connectivity index (χ1n) is 8.56. The summed E-state index contributed by atoms with van der Waals surface area (Å²) >= 11 is 1.33. The lowest BCUT2D eigenvalue weighted by Gasteiger charge is -2.06. The van der Waals surface area contributed by atoms with E-state index in [2.05, 4.69) is 15.4 Å². The highest BCUT2D eigenvalue weighted by Gasteiger charge is 2.15. The third kappa shape index (κ3) is 3.73. The summed E-state index contributed by atoms with van der Waals surface area (Å²) in [4.78, 5) is 16.7. The molecule has 2 aromatic carbocycles. The quantitative estimate of drug-likeness (QED) is 0.554. The molecule has 5 nitrogen and oxygen atoms in total. The molecule has 27 heavy (non-hydrogen) atoms. The lowest BCUT2D eigenvalue weighted by molar-refractivity contribution is -0.116. The molecule has 4 rings (SSSR count). The molecule has 4 aromatic rings. The second kappa shape index (κ2) is 7.28. The number of aromatic nitrogens is 3. The lowest BCUT2D eigenvalue weighted by Crippen LogP contribution is -2.15. The Labute approximate surface area is 159 Å². The SMILES string of the molecule is Cc1cc(NC(=O)CCc2ccccc2)n(-c2nc3c(F)cccc3s2)n1. The predicted molar refractivity (Wildman–Crippen MR) is 105 cm³/mol. The third-order valence-corrected chi connectivity index (χ3v) is 5.12. The number of carbonyl (C=O) groups excluding carboxylic acids is 1. The van der Waals surface area contributed by atoms with Crippen LogP contribution in [-0.2, 0) is 11.2 Å². The van der Waals surface area contributed by atoms with Gasteiger partial charge in [0, 0.05) is 12.5 Å². The van der Waals surface area contributed by atoms with E-state index in [-0.39, 0.29) is 11.7 Å². The first-order chi connectivity index (χ1) is 13.1. The molecule has 1 amide bonds. The summed E-state index contributed by atoms with van der Waals surface area (Å²) in [5.41, 5.74) is 2.17. The zero-order valence-corrected chi connectivity index (χ0v) is 15.5. The Hall–Kier alpha value is -3.06. The van der Waals surface area contributed by atoms with E-state index >= 15 is 0 Å². The fraction of sp³-hybridized carbons (Fsp3) is 0.150. The number of hydrogen-bond donors (Lipinski definition) is 1. The van der Waals surface area contributed by atoms with Crippen LogP contribution in [0.15, 0.2) is 54.6 Å². The number of rotatable bonds is 5. The average molecular weight is 380 g/mol. The summed E-state index contributed by atoms with van der Waals surface area (Å²) < 4.78 is 16.2. The number of halogens is 1. The molecule has 2 heterocycles. The number of hydrogen-bond acceptors (Lipinski definition) is 4. The van der Waals surface area contributed by atoms with E-state index in [0.29, 0.717) is 29.3 Å². The largest absolute Gasteiger partial charge is 0.310 e. The minimum Gasteiger partial charge on any atom is -0.310 e. The number of aryl methyl sites for hydroxylation is 2. The topological polar surface area (TPSA) is 59.8 Å². The van der Waals surface area contributed by atoms with E-state index in [4.69, 9.17) is 0 Å². The van der Waals surface area contributed by atoms with Crippen LogP contribution in [0.1, 0.15) is 17.7 Å². The fourth-order valence-corrected chi connectivity index (χ4v) is 3.78. The van der Waals surface area contributed by atoms with Gasteiger partial charge in [-0.15, -0.1) is 0 Å². The number of amides is 1. The van der Waals surface area contributed by atoms with Crippen molar-refractivity contribution in [3.8, 4) is 5.13 Å². The van der Waals surface area contributed by atoms with Gasteiger partial charge in [0.25, 0.3) is 0 Å². The zero-order chi connectivity index (χ0) is 18.8. The van der Waals surface area contributed by atoms with Crippen molar-refractivity contribution in [2.24, 2.45) is 0 Å². The summed E-state index contributed by atoms with van der Waals surface area (Å²) in [5.74, 6) is 0.0599. The maximum atomic E-state index is 13.9. The molecule has 0 aliphatic heterocycles. The van der Waals surface area contributed by atoms with Crippen LogP contribution in [0.4, 0.5) is 10.2 Å². The van der Waals surface area contributed by atoms with Crippen molar-refractivity contribution in [2.45, 2.75) is 19.8 Å².